The van der Waals surface area contributed by atoms with Gasteiger partial charge < -0.3 is 9.64 Å². The Labute approximate surface area is 144 Å². The fourth-order valence-electron chi connectivity index (χ4n) is 3.15. The molecule has 0 fully saturated rings. The number of amides is 1. The molecule has 0 N–H and O–H groups in total. The molecule has 0 bridgehead atoms. The maximum absolute atomic E-state index is 13.8. The minimum absolute atomic E-state index is 0.00409. The first-order valence-electron chi connectivity index (χ1n) is 7.80. The summed E-state index contributed by atoms with van der Waals surface area (Å²) < 4.78 is 18.7. The molecule has 1 amide bonds. The number of ether oxygens (including phenoxy) is 1. The summed E-state index contributed by atoms with van der Waals surface area (Å²) in [6, 6.07) is 8.51. The highest BCUT2D eigenvalue weighted by Crippen LogP contribution is 2.35. The molecule has 7 heteroatoms. The van der Waals surface area contributed by atoms with Crippen molar-refractivity contribution in [2.24, 2.45) is 0 Å². The second-order valence-corrected chi connectivity index (χ2v) is 6.04. The SMILES string of the molecule is COCc1cc(C(=O)N2c3ccc([N+](=O)[O-])cc3C[C@@H]2C)ccc1F. The first-order chi connectivity index (χ1) is 11.9. The predicted molar refractivity (Wildman–Crippen MR) is 90.2 cm³/mol. The number of anilines is 1. The zero-order chi connectivity index (χ0) is 18.1. The monoisotopic (exact) mass is 344 g/mol. The first-order valence-corrected chi connectivity index (χ1v) is 7.80. The van der Waals surface area contributed by atoms with Crippen molar-refractivity contribution in [1.82, 2.24) is 0 Å². The van der Waals surface area contributed by atoms with Gasteiger partial charge in [-0.2, -0.15) is 0 Å². The average Bonchev–Trinajstić information content (AvgIpc) is 2.91. The number of halogens is 1. The Morgan fingerprint density at radius 2 is 2.12 bits per heavy atom. The van der Waals surface area contributed by atoms with E-state index < -0.39 is 10.7 Å². The molecule has 0 saturated heterocycles. The maximum atomic E-state index is 13.8. The fraction of sp³-hybridized carbons (Fsp3) is 0.278. The van der Waals surface area contributed by atoms with E-state index in [4.69, 9.17) is 4.74 Å². The molecule has 1 aliphatic heterocycles. The van der Waals surface area contributed by atoms with Crippen LogP contribution in [0.4, 0.5) is 15.8 Å². The van der Waals surface area contributed by atoms with Gasteiger partial charge in [0.15, 0.2) is 0 Å². The number of hydrogen-bond donors (Lipinski definition) is 0. The zero-order valence-electron chi connectivity index (χ0n) is 13.9. The summed E-state index contributed by atoms with van der Waals surface area (Å²) in [4.78, 5) is 25.0. The van der Waals surface area contributed by atoms with Gasteiger partial charge in [0.1, 0.15) is 5.82 Å². The van der Waals surface area contributed by atoms with Gasteiger partial charge in [0.25, 0.3) is 11.6 Å². The van der Waals surface area contributed by atoms with E-state index in [2.05, 4.69) is 0 Å². The molecule has 6 nitrogen and oxygen atoms in total. The number of nitrogens with zero attached hydrogens (tertiary/aromatic N) is 2. The summed E-state index contributed by atoms with van der Waals surface area (Å²) >= 11 is 0. The fourth-order valence-corrected chi connectivity index (χ4v) is 3.15. The molecule has 25 heavy (non-hydrogen) atoms. The molecule has 130 valence electrons. The van der Waals surface area contributed by atoms with E-state index in [0.717, 1.165) is 5.56 Å². The molecule has 3 rings (SSSR count). The van der Waals surface area contributed by atoms with E-state index in [9.17, 15) is 19.3 Å². The van der Waals surface area contributed by atoms with Crippen molar-refractivity contribution in [3.8, 4) is 0 Å². The normalized spacial score (nSPS) is 16.0. The lowest BCUT2D eigenvalue weighted by molar-refractivity contribution is -0.384. The number of benzene rings is 2. The summed E-state index contributed by atoms with van der Waals surface area (Å²) in [6.45, 7) is 1.95. The van der Waals surface area contributed by atoms with Crippen LogP contribution in [0.5, 0.6) is 0 Å². The Morgan fingerprint density at radius 3 is 2.80 bits per heavy atom. The Morgan fingerprint density at radius 1 is 1.36 bits per heavy atom. The number of hydrogen-bond acceptors (Lipinski definition) is 4. The summed E-state index contributed by atoms with van der Waals surface area (Å²) in [6.07, 6.45) is 0.537. The Balaban J connectivity index is 1.96. The lowest BCUT2D eigenvalue weighted by atomic mass is 10.1. The average molecular weight is 344 g/mol. The van der Waals surface area contributed by atoms with Crippen LogP contribution in [-0.2, 0) is 17.8 Å². The second kappa shape index (κ2) is 6.60. The smallest absolute Gasteiger partial charge is 0.269 e. The summed E-state index contributed by atoms with van der Waals surface area (Å²) in [5.74, 6) is -0.693. The first kappa shape index (κ1) is 17.0. The highest BCUT2D eigenvalue weighted by atomic mass is 19.1. The van der Waals surface area contributed by atoms with E-state index in [-0.39, 0.29) is 24.2 Å². The van der Waals surface area contributed by atoms with E-state index >= 15 is 0 Å². The molecule has 1 aliphatic rings. The third-order valence-corrected chi connectivity index (χ3v) is 4.30. The molecule has 0 saturated carbocycles. The Kier molecular flexibility index (Phi) is 4.50. The van der Waals surface area contributed by atoms with Crippen LogP contribution in [0.2, 0.25) is 0 Å². The number of nitro groups is 1. The second-order valence-electron chi connectivity index (χ2n) is 6.04. The molecule has 0 aliphatic carbocycles. The van der Waals surface area contributed by atoms with E-state index in [1.54, 1.807) is 11.0 Å². The number of rotatable bonds is 4. The van der Waals surface area contributed by atoms with Crippen LogP contribution in [0.15, 0.2) is 36.4 Å². The quantitative estimate of drug-likeness (QED) is 0.629. The number of non-ortho nitro benzene ring substituents is 1. The molecular weight excluding hydrogens is 327 g/mol. The lowest BCUT2D eigenvalue weighted by Crippen LogP contribution is -2.35. The third-order valence-electron chi connectivity index (χ3n) is 4.30. The Bertz CT molecular complexity index is 853. The van der Waals surface area contributed by atoms with Gasteiger partial charge in [-0.3, -0.25) is 14.9 Å². The summed E-state index contributed by atoms with van der Waals surface area (Å²) in [5, 5.41) is 10.9. The zero-order valence-corrected chi connectivity index (χ0v) is 13.9. The number of nitro benzene ring substituents is 1. The van der Waals surface area contributed by atoms with Crippen molar-refractivity contribution in [3.63, 3.8) is 0 Å². The highest BCUT2D eigenvalue weighted by molar-refractivity contribution is 6.08. The minimum atomic E-state index is -0.452. The van der Waals surface area contributed by atoms with Crippen LogP contribution >= 0.6 is 0 Å². The standard InChI is InChI=1S/C18H17FN2O4/c1-11-7-13-9-15(21(23)24)4-6-17(13)20(11)18(22)12-3-5-16(19)14(8-12)10-25-2/h3-6,8-9,11H,7,10H2,1-2H3/t11-/m0/s1. The molecule has 0 radical (unpaired) electrons. The predicted octanol–water partition coefficient (Wildman–Crippen LogP) is 3.47. The summed E-state index contributed by atoms with van der Waals surface area (Å²) in [5.41, 5.74) is 2.08. The van der Waals surface area contributed by atoms with Crippen LogP contribution in [0.3, 0.4) is 0 Å². The molecular formula is C18H17FN2O4. The van der Waals surface area contributed by atoms with Crippen molar-refractivity contribution < 1.29 is 18.8 Å². The van der Waals surface area contributed by atoms with Crippen LogP contribution in [0.25, 0.3) is 0 Å². The van der Waals surface area contributed by atoms with Gasteiger partial charge in [0.2, 0.25) is 0 Å². The van der Waals surface area contributed by atoms with Gasteiger partial charge in [0.05, 0.1) is 11.5 Å². The van der Waals surface area contributed by atoms with Crippen molar-refractivity contribution in [3.05, 3.63) is 69.0 Å². The van der Waals surface area contributed by atoms with E-state index in [1.165, 1.54) is 37.4 Å². The molecule has 0 aromatic heterocycles. The Hall–Kier alpha value is -2.80. The molecule has 0 spiro atoms. The number of methoxy groups -OCH3 is 1. The molecule has 0 unspecified atom stereocenters. The highest BCUT2D eigenvalue weighted by Gasteiger charge is 2.32. The van der Waals surface area contributed by atoms with Crippen LogP contribution in [0.1, 0.15) is 28.4 Å². The number of carbonyl (C=O) groups is 1. The minimum Gasteiger partial charge on any atom is -0.380 e. The van der Waals surface area contributed by atoms with Gasteiger partial charge in [0, 0.05) is 42.1 Å². The van der Waals surface area contributed by atoms with Crippen molar-refractivity contribution >= 4 is 17.3 Å². The van der Waals surface area contributed by atoms with Gasteiger partial charge in [-0.25, -0.2) is 4.39 Å². The van der Waals surface area contributed by atoms with Crippen LogP contribution in [0, 0.1) is 15.9 Å². The largest absolute Gasteiger partial charge is 0.380 e. The molecule has 1 heterocycles. The summed E-state index contributed by atoms with van der Waals surface area (Å²) in [7, 11) is 1.46. The molecule has 2 aromatic carbocycles. The topological polar surface area (TPSA) is 72.7 Å². The van der Waals surface area contributed by atoms with E-state index in [1.807, 2.05) is 6.92 Å². The van der Waals surface area contributed by atoms with Gasteiger partial charge in [-0.1, -0.05) is 0 Å². The van der Waals surface area contributed by atoms with Crippen molar-refractivity contribution in [2.45, 2.75) is 26.0 Å². The van der Waals surface area contributed by atoms with Crippen LogP contribution in [-0.4, -0.2) is 24.0 Å². The van der Waals surface area contributed by atoms with Crippen LogP contribution < -0.4 is 4.90 Å². The lowest BCUT2D eigenvalue weighted by Gasteiger charge is -2.23. The molecule has 2 aromatic rings. The van der Waals surface area contributed by atoms with Gasteiger partial charge in [-0.15, -0.1) is 0 Å². The van der Waals surface area contributed by atoms with E-state index in [0.29, 0.717) is 23.2 Å². The van der Waals surface area contributed by atoms with Gasteiger partial charge >= 0.3 is 0 Å². The maximum Gasteiger partial charge on any atom is 0.269 e. The van der Waals surface area contributed by atoms with Gasteiger partial charge in [-0.05, 0) is 43.2 Å². The van der Waals surface area contributed by atoms with Crippen molar-refractivity contribution in [2.75, 3.05) is 12.0 Å². The molecule has 1 atom stereocenters. The number of carbonyl (C=O) groups excluding carboxylic acids is 1. The van der Waals surface area contributed by atoms with Crippen molar-refractivity contribution in [1.29, 1.82) is 0 Å². The third kappa shape index (κ3) is 3.10. The number of fused-ring (bicyclic) bond motifs is 1.